The predicted molar refractivity (Wildman–Crippen MR) is 113 cm³/mol. The van der Waals surface area contributed by atoms with Gasteiger partial charge in [0, 0.05) is 30.6 Å². The molecule has 2 aliphatic heterocycles. The molecule has 2 atom stereocenters. The monoisotopic (exact) mass is 412 g/mol. The largest absolute Gasteiger partial charge is 0.486 e. The number of amides is 2. The molecule has 6 nitrogen and oxygen atoms in total. The number of likely N-dealkylation sites (N-methyl/N-ethyl adjacent to an activating group) is 1. The van der Waals surface area contributed by atoms with E-state index in [0.29, 0.717) is 25.4 Å². The second kappa shape index (κ2) is 8.37. The molecule has 2 aromatic carbocycles. The third kappa shape index (κ3) is 4.19. The van der Waals surface area contributed by atoms with Crippen LogP contribution in [0.25, 0.3) is 0 Å². The number of fused-ring (bicyclic) bond motifs is 1. The van der Waals surface area contributed by atoms with Gasteiger partial charge >= 0.3 is 0 Å². The van der Waals surface area contributed by atoms with Gasteiger partial charge < -0.3 is 19.3 Å². The standard InChI is InChI=1S/C22H24N2O4S/c1-23(13-17-14-27-19-5-3-4-6-20(19)28-17)22(26)15-11-21(25)24(12-15)16-7-9-18(29-2)10-8-16/h3-10,15,17H,11-14H2,1-2H3/t15-,17+/m1/s1. The minimum atomic E-state index is -0.343. The molecule has 2 amide bonds. The van der Waals surface area contributed by atoms with Crippen LogP contribution < -0.4 is 14.4 Å². The quantitative estimate of drug-likeness (QED) is 0.707. The molecule has 2 heterocycles. The van der Waals surface area contributed by atoms with Crippen LogP contribution in [0.3, 0.4) is 0 Å². The number of ether oxygens (including phenoxy) is 2. The first-order chi connectivity index (χ1) is 14.0. The zero-order valence-electron chi connectivity index (χ0n) is 16.5. The number of para-hydroxylation sites is 2. The van der Waals surface area contributed by atoms with E-state index >= 15 is 0 Å². The summed E-state index contributed by atoms with van der Waals surface area (Å²) in [7, 11) is 1.76. The van der Waals surface area contributed by atoms with Crippen LogP contribution in [0.4, 0.5) is 5.69 Å². The van der Waals surface area contributed by atoms with Gasteiger partial charge in [-0.3, -0.25) is 9.59 Å². The van der Waals surface area contributed by atoms with E-state index in [1.54, 1.807) is 28.6 Å². The highest BCUT2D eigenvalue weighted by Gasteiger charge is 2.37. The lowest BCUT2D eigenvalue weighted by atomic mass is 10.1. The fraction of sp³-hybridized carbons (Fsp3) is 0.364. The molecule has 7 heteroatoms. The number of benzene rings is 2. The number of rotatable bonds is 5. The second-order valence-corrected chi connectivity index (χ2v) is 8.20. The summed E-state index contributed by atoms with van der Waals surface area (Å²) in [4.78, 5) is 29.9. The van der Waals surface area contributed by atoms with Gasteiger partial charge in [0.15, 0.2) is 17.6 Å². The Labute approximate surface area is 174 Å². The van der Waals surface area contributed by atoms with Crippen molar-refractivity contribution in [1.82, 2.24) is 4.90 Å². The molecule has 0 spiro atoms. The van der Waals surface area contributed by atoms with Crippen molar-refractivity contribution >= 4 is 29.3 Å². The predicted octanol–water partition coefficient (Wildman–Crippen LogP) is 3.06. The summed E-state index contributed by atoms with van der Waals surface area (Å²) < 4.78 is 11.7. The molecule has 152 valence electrons. The summed E-state index contributed by atoms with van der Waals surface area (Å²) in [6.07, 6.45) is 2.02. The van der Waals surface area contributed by atoms with Crippen LogP contribution in [-0.4, -0.2) is 55.8 Å². The number of hydrogen-bond donors (Lipinski definition) is 0. The Hall–Kier alpha value is -2.67. The van der Waals surface area contributed by atoms with Gasteiger partial charge in [-0.25, -0.2) is 0 Å². The van der Waals surface area contributed by atoms with E-state index in [2.05, 4.69) is 0 Å². The van der Waals surface area contributed by atoms with Crippen molar-refractivity contribution in [2.45, 2.75) is 17.4 Å². The zero-order valence-corrected chi connectivity index (χ0v) is 17.4. The Morgan fingerprint density at radius 2 is 1.90 bits per heavy atom. The van der Waals surface area contributed by atoms with Crippen LogP contribution in [0.1, 0.15) is 6.42 Å². The van der Waals surface area contributed by atoms with Gasteiger partial charge in [-0.2, -0.15) is 0 Å². The van der Waals surface area contributed by atoms with Crippen molar-refractivity contribution in [3.05, 3.63) is 48.5 Å². The van der Waals surface area contributed by atoms with E-state index < -0.39 is 0 Å². The molecule has 0 N–H and O–H groups in total. The van der Waals surface area contributed by atoms with E-state index in [0.717, 1.165) is 16.3 Å². The van der Waals surface area contributed by atoms with Crippen LogP contribution in [0.5, 0.6) is 11.5 Å². The molecule has 0 aromatic heterocycles. The van der Waals surface area contributed by atoms with Crippen LogP contribution >= 0.6 is 11.8 Å². The van der Waals surface area contributed by atoms with Gasteiger partial charge in [-0.15, -0.1) is 11.8 Å². The fourth-order valence-corrected chi connectivity index (χ4v) is 4.15. The number of thioether (sulfide) groups is 1. The van der Waals surface area contributed by atoms with Crippen LogP contribution in [0, 0.1) is 5.92 Å². The first kappa shape index (κ1) is 19.6. The Balaban J connectivity index is 1.36. The van der Waals surface area contributed by atoms with E-state index in [9.17, 15) is 9.59 Å². The van der Waals surface area contributed by atoms with Crippen molar-refractivity contribution in [1.29, 1.82) is 0 Å². The molecule has 2 aliphatic rings. The van der Waals surface area contributed by atoms with Gasteiger partial charge in [-0.1, -0.05) is 12.1 Å². The molecule has 4 rings (SSSR count). The SMILES string of the molecule is CSc1ccc(N2C[C@H](C(=O)N(C)C[C@H]3COc4ccccc4O3)CC2=O)cc1. The minimum absolute atomic E-state index is 0.0140. The lowest BCUT2D eigenvalue weighted by molar-refractivity contribution is -0.135. The lowest BCUT2D eigenvalue weighted by Gasteiger charge is -2.30. The lowest BCUT2D eigenvalue weighted by Crippen LogP contribution is -2.44. The third-order valence-corrected chi connectivity index (χ3v) is 6.02. The van der Waals surface area contributed by atoms with Gasteiger partial charge in [0.1, 0.15) is 6.61 Å². The molecule has 1 fully saturated rings. The zero-order chi connectivity index (χ0) is 20.4. The van der Waals surface area contributed by atoms with Crippen molar-refractivity contribution in [2.24, 2.45) is 5.92 Å². The maximum absolute atomic E-state index is 12.9. The number of hydrogen-bond acceptors (Lipinski definition) is 5. The summed E-state index contributed by atoms with van der Waals surface area (Å²) >= 11 is 1.66. The maximum atomic E-state index is 12.9. The summed E-state index contributed by atoms with van der Waals surface area (Å²) in [5.74, 6) is 1.02. The molecule has 0 bridgehead atoms. The number of carbonyl (C=O) groups excluding carboxylic acids is 2. The molecule has 2 aromatic rings. The maximum Gasteiger partial charge on any atom is 0.227 e. The fourth-order valence-electron chi connectivity index (χ4n) is 3.74. The summed E-state index contributed by atoms with van der Waals surface area (Å²) in [6, 6.07) is 15.4. The Morgan fingerprint density at radius 3 is 2.62 bits per heavy atom. The molecule has 0 unspecified atom stereocenters. The molecular weight excluding hydrogens is 388 g/mol. The van der Waals surface area contributed by atoms with E-state index in [-0.39, 0.29) is 30.3 Å². The molecule has 29 heavy (non-hydrogen) atoms. The Bertz CT molecular complexity index is 902. The molecule has 1 saturated heterocycles. The average Bonchev–Trinajstić information content (AvgIpc) is 3.14. The first-order valence-electron chi connectivity index (χ1n) is 9.63. The first-order valence-corrected chi connectivity index (χ1v) is 10.9. The van der Waals surface area contributed by atoms with Crippen molar-refractivity contribution in [3.8, 4) is 11.5 Å². The van der Waals surface area contributed by atoms with Crippen molar-refractivity contribution in [2.75, 3.05) is 37.9 Å². The highest BCUT2D eigenvalue weighted by atomic mass is 32.2. The van der Waals surface area contributed by atoms with E-state index in [1.807, 2.05) is 54.8 Å². The number of nitrogens with zero attached hydrogens (tertiary/aromatic N) is 2. The number of anilines is 1. The van der Waals surface area contributed by atoms with Crippen molar-refractivity contribution < 1.29 is 19.1 Å². The molecular formula is C22H24N2O4S. The second-order valence-electron chi connectivity index (χ2n) is 7.32. The van der Waals surface area contributed by atoms with Gasteiger partial charge in [0.2, 0.25) is 11.8 Å². The van der Waals surface area contributed by atoms with Crippen LogP contribution in [0.2, 0.25) is 0 Å². The smallest absolute Gasteiger partial charge is 0.227 e. The topological polar surface area (TPSA) is 59.1 Å². The van der Waals surface area contributed by atoms with Gasteiger partial charge in [-0.05, 0) is 42.7 Å². The van der Waals surface area contributed by atoms with Crippen LogP contribution in [-0.2, 0) is 9.59 Å². The molecule has 0 radical (unpaired) electrons. The van der Waals surface area contributed by atoms with Crippen LogP contribution in [0.15, 0.2) is 53.4 Å². The van der Waals surface area contributed by atoms with Gasteiger partial charge in [0.25, 0.3) is 0 Å². The Kier molecular flexibility index (Phi) is 5.67. The summed E-state index contributed by atoms with van der Waals surface area (Å²) in [6.45, 7) is 1.22. The minimum Gasteiger partial charge on any atom is -0.486 e. The highest BCUT2D eigenvalue weighted by molar-refractivity contribution is 7.98. The van der Waals surface area contributed by atoms with Crippen molar-refractivity contribution in [3.63, 3.8) is 0 Å². The molecule has 0 aliphatic carbocycles. The van der Waals surface area contributed by atoms with Gasteiger partial charge in [0.05, 0.1) is 12.5 Å². The highest BCUT2D eigenvalue weighted by Crippen LogP contribution is 2.31. The normalized spacial score (nSPS) is 20.6. The summed E-state index contributed by atoms with van der Waals surface area (Å²) in [5, 5.41) is 0. The molecule has 0 saturated carbocycles. The Morgan fingerprint density at radius 1 is 1.17 bits per heavy atom. The summed E-state index contributed by atoms with van der Waals surface area (Å²) in [5.41, 5.74) is 0.839. The number of carbonyl (C=O) groups is 2. The average molecular weight is 413 g/mol. The van der Waals surface area contributed by atoms with E-state index in [1.165, 1.54) is 0 Å². The third-order valence-electron chi connectivity index (χ3n) is 5.28. The van der Waals surface area contributed by atoms with E-state index in [4.69, 9.17) is 9.47 Å².